The summed E-state index contributed by atoms with van der Waals surface area (Å²) >= 11 is 1.89. The highest BCUT2D eigenvalue weighted by molar-refractivity contribution is 7.23. The van der Waals surface area contributed by atoms with Crippen molar-refractivity contribution in [3.63, 3.8) is 0 Å². The molecule has 1 aliphatic rings. The molecule has 0 saturated carbocycles. The van der Waals surface area contributed by atoms with Crippen molar-refractivity contribution in [2.75, 3.05) is 0 Å². The monoisotopic (exact) mass is 489 g/mol. The zero-order chi connectivity index (χ0) is 24.5. The van der Waals surface area contributed by atoms with E-state index in [0.717, 1.165) is 5.69 Å². The molecular weight excluding hydrogens is 459 g/mol. The van der Waals surface area contributed by atoms with Gasteiger partial charge in [0.25, 0.3) is 0 Å². The van der Waals surface area contributed by atoms with Crippen LogP contribution < -0.4 is 5.19 Å². The summed E-state index contributed by atoms with van der Waals surface area (Å²) in [6.07, 6.45) is 4.32. The van der Waals surface area contributed by atoms with Gasteiger partial charge < -0.3 is 0 Å². The molecule has 3 aromatic carbocycles. The number of hydrogen-bond donors (Lipinski definition) is 0. The number of nitrogens with zero attached hydrogens (tertiary/aromatic N) is 1. The lowest BCUT2D eigenvalue weighted by molar-refractivity contribution is 0.596. The Morgan fingerprint density at radius 2 is 1.66 bits per heavy atom. The summed E-state index contributed by atoms with van der Waals surface area (Å²) in [7, 11) is -1.41. The van der Waals surface area contributed by atoms with Crippen molar-refractivity contribution in [3.8, 4) is 21.7 Å². The van der Waals surface area contributed by atoms with E-state index >= 15 is 0 Å². The van der Waals surface area contributed by atoms with E-state index in [-0.39, 0.29) is 5.41 Å². The number of fused-ring (bicyclic) bond motifs is 3. The second-order valence-electron chi connectivity index (χ2n) is 11.4. The number of aryl methyl sites for hydroxylation is 1. The van der Waals surface area contributed by atoms with Gasteiger partial charge in [-0.05, 0) is 80.2 Å². The van der Waals surface area contributed by atoms with Crippen LogP contribution in [0.3, 0.4) is 0 Å². The van der Waals surface area contributed by atoms with Crippen molar-refractivity contribution in [1.82, 2.24) is 4.98 Å². The van der Waals surface area contributed by atoms with Crippen molar-refractivity contribution < 1.29 is 0 Å². The predicted molar refractivity (Wildman–Crippen MR) is 158 cm³/mol. The maximum absolute atomic E-state index is 4.94. The highest BCUT2D eigenvalue weighted by atomic mass is 32.1. The van der Waals surface area contributed by atoms with Crippen molar-refractivity contribution in [1.29, 1.82) is 0 Å². The third-order valence-corrected chi connectivity index (χ3v) is 11.7. The van der Waals surface area contributed by atoms with Crippen LogP contribution in [-0.4, -0.2) is 13.1 Å². The predicted octanol–water partition coefficient (Wildman–Crippen LogP) is 8.87. The summed E-state index contributed by atoms with van der Waals surface area (Å²) in [6, 6.07) is 22.7. The normalized spacial score (nSPS) is 14.7. The van der Waals surface area contributed by atoms with E-state index in [0.29, 0.717) is 0 Å². The molecule has 0 N–H and O–H groups in total. The molecule has 35 heavy (non-hydrogen) atoms. The molecule has 6 rings (SSSR count). The first kappa shape index (κ1) is 22.5. The summed E-state index contributed by atoms with van der Waals surface area (Å²) < 4.78 is 1.28. The van der Waals surface area contributed by atoms with Gasteiger partial charge in [0.15, 0.2) is 0 Å². The van der Waals surface area contributed by atoms with Crippen LogP contribution in [0.1, 0.15) is 37.5 Å². The fourth-order valence-corrected chi connectivity index (χ4v) is 9.01. The second kappa shape index (κ2) is 7.74. The van der Waals surface area contributed by atoms with E-state index in [9.17, 15) is 0 Å². The van der Waals surface area contributed by atoms with Crippen LogP contribution in [-0.2, 0) is 5.41 Å². The molecule has 0 atom stereocenters. The van der Waals surface area contributed by atoms with Crippen LogP contribution in [0.4, 0.5) is 0 Å². The van der Waals surface area contributed by atoms with Crippen LogP contribution in [0.2, 0.25) is 13.1 Å². The lowest BCUT2D eigenvalue weighted by Gasteiger charge is -2.22. The molecule has 0 aliphatic carbocycles. The van der Waals surface area contributed by atoms with E-state index < -0.39 is 8.07 Å². The van der Waals surface area contributed by atoms with Gasteiger partial charge in [-0.2, -0.15) is 0 Å². The van der Waals surface area contributed by atoms with Crippen molar-refractivity contribution >= 4 is 51.5 Å². The molecule has 5 aromatic rings. The smallest absolute Gasteiger partial charge is 0.104 e. The first-order valence-electron chi connectivity index (χ1n) is 12.4. The third-order valence-electron chi connectivity index (χ3n) is 7.48. The Morgan fingerprint density at radius 3 is 2.46 bits per heavy atom. The molecule has 0 fully saturated rings. The average Bonchev–Trinajstić information content (AvgIpc) is 3.33. The van der Waals surface area contributed by atoms with Crippen LogP contribution in [0, 0.1) is 6.92 Å². The molecule has 1 aliphatic heterocycles. The standard InChI is InChI=1S/C32H31NSSi/c1-20-25-13-15-33-29(24-17-21-9-7-8-10-26(21)27(19-24)32(2,3)4)31(25)34-30(20)23-11-12-28-22(18-23)14-16-35(28,5)6/h7-19H,1-6H3. The summed E-state index contributed by atoms with van der Waals surface area (Å²) in [5, 5.41) is 5.47. The first-order valence-corrected chi connectivity index (χ1v) is 16.3. The number of rotatable bonds is 2. The molecule has 0 bridgehead atoms. The Kier molecular flexibility index (Phi) is 4.97. The number of hydrogen-bond acceptors (Lipinski definition) is 2. The van der Waals surface area contributed by atoms with Gasteiger partial charge >= 0.3 is 0 Å². The van der Waals surface area contributed by atoms with Gasteiger partial charge in [0.05, 0.1) is 10.4 Å². The minimum atomic E-state index is -1.41. The fourth-order valence-electron chi connectivity index (χ4n) is 5.51. The van der Waals surface area contributed by atoms with Gasteiger partial charge in [-0.1, -0.05) is 82.0 Å². The summed E-state index contributed by atoms with van der Waals surface area (Å²) in [5.74, 6) is 0. The largest absolute Gasteiger partial charge is 0.255 e. The van der Waals surface area contributed by atoms with Gasteiger partial charge in [-0.25, -0.2) is 0 Å². The molecule has 0 radical (unpaired) electrons. The molecule has 3 heteroatoms. The first-order chi connectivity index (χ1) is 16.6. The zero-order valence-electron chi connectivity index (χ0n) is 21.4. The minimum Gasteiger partial charge on any atom is -0.255 e. The highest BCUT2D eigenvalue weighted by Gasteiger charge is 2.27. The Balaban J connectivity index is 1.56. The van der Waals surface area contributed by atoms with Gasteiger partial charge in [0.2, 0.25) is 0 Å². The van der Waals surface area contributed by atoms with Crippen LogP contribution >= 0.6 is 11.3 Å². The molecule has 0 saturated heterocycles. The topological polar surface area (TPSA) is 12.9 Å². The second-order valence-corrected chi connectivity index (χ2v) is 16.8. The lowest BCUT2D eigenvalue weighted by Crippen LogP contribution is -2.37. The van der Waals surface area contributed by atoms with Crippen LogP contribution in [0.5, 0.6) is 0 Å². The molecule has 1 nitrogen and oxygen atoms in total. The van der Waals surface area contributed by atoms with Crippen LogP contribution in [0.15, 0.2) is 72.6 Å². The van der Waals surface area contributed by atoms with E-state index in [4.69, 9.17) is 4.98 Å². The molecule has 174 valence electrons. The Hall–Kier alpha value is -3.01. The van der Waals surface area contributed by atoms with E-state index in [2.05, 4.69) is 113 Å². The third kappa shape index (κ3) is 3.60. The summed E-state index contributed by atoms with van der Waals surface area (Å²) in [4.78, 5) is 6.29. The minimum absolute atomic E-state index is 0.0507. The van der Waals surface area contributed by atoms with Crippen LogP contribution in [0.25, 0.3) is 48.6 Å². The summed E-state index contributed by atoms with van der Waals surface area (Å²) in [5.41, 5.74) is 10.2. The van der Waals surface area contributed by atoms with E-state index in [1.54, 1.807) is 5.19 Å². The Bertz CT molecular complexity index is 1660. The molecule has 0 spiro atoms. The molecule has 0 amide bonds. The average molecular weight is 490 g/mol. The number of thiophene rings is 1. The Morgan fingerprint density at radius 1 is 0.857 bits per heavy atom. The number of aromatic nitrogens is 1. The van der Waals surface area contributed by atoms with Crippen molar-refractivity contribution in [3.05, 3.63) is 89.3 Å². The molecular formula is C32H31NSSi. The van der Waals surface area contributed by atoms with Gasteiger partial charge in [-0.15, -0.1) is 11.3 Å². The van der Waals surface area contributed by atoms with Gasteiger partial charge in [-0.3, -0.25) is 4.98 Å². The van der Waals surface area contributed by atoms with E-state index in [1.807, 2.05) is 17.5 Å². The fraction of sp³-hybridized carbons (Fsp3) is 0.219. The molecule has 0 unspecified atom stereocenters. The lowest BCUT2D eigenvalue weighted by atomic mass is 9.82. The Labute approximate surface area is 213 Å². The number of pyridine rings is 1. The van der Waals surface area contributed by atoms with Gasteiger partial charge in [0.1, 0.15) is 8.07 Å². The maximum atomic E-state index is 4.94. The zero-order valence-corrected chi connectivity index (χ0v) is 23.2. The molecule has 2 aromatic heterocycles. The van der Waals surface area contributed by atoms with Gasteiger partial charge in [0, 0.05) is 16.6 Å². The van der Waals surface area contributed by atoms with Crippen molar-refractivity contribution in [2.24, 2.45) is 0 Å². The number of benzene rings is 3. The van der Waals surface area contributed by atoms with E-state index in [1.165, 1.54) is 53.6 Å². The summed E-state index contributed by atoms with van der Waals surface area (Å²) in [6.45, 7) is 14.0. The molecule has 3 heterocycles. The SMILES string of the molecule is Cc1c(-c2ccc3c(c2)C=C[Si]3(C)C)sc2c(-c3cc(C(C)(C)C)c4ccccc4c3)nccc12. The van der Waals surface area contributed by atoms with Crippen molar-refractivity contribution in [2.45, 2.75) is 46.2 Å². The maximum Gasteiger partial charge on any atom is 0.104 e. The quantitative estimate of drug-likeness (QED) is 0.226. The highest BCUT2D eigenvalue weighted by Crippen LogP contribution is 2.43.